The molecule has 9 heteroatoms. The maximum Gasteiger partial charge on any atom is 0.436 e. The Balaban J connectivity index is 2.04. The fourth-order valence-corrected chi connectivity index (χ4v) is 3.26. The molecular formula is C15H13F3N4O2. The van der Waals surface area contributed by atoms with Crippen molar-refractivity contribution in [1.29, 1.82) is 0 Å². The summed E-state index contributed by atoms with van der Waals surface area (Å²) in [5, 5.41) is 3.07. The minimum atomic E-state index is -4.79. The molecule has 0 aliphatic heterocycles. The van der Waals surface area contributed by atoms with Gasteiger partial charge in [0.15, 0.2) is 5.69 Å². The van der Waals surface area contributed by atoms with Crippen LogP contribution in [-0.4, -0.2) is 19.7 Å². The van der Waals surface area contributed by atoms with Crippen LogP contribution >= 0.6 is 0 Å². The van der Waals surface area contributed by atoms with E-state index in [0.717, 1.165) is 18.4 Å². The summed E-state index contributed by atoms with van der Waals surface area (Å²) in [6.07, 6.45) is 3.91. The van der Waals surface area contributed by atoms with Crippen molar-refractivity contribution < 1.29 is 13.2 Å². The SMILES string of the molecule is O=c1[nH]c(=O)c2c(C(F)(F)F)nn(C3(C4=CCCC=C4)CC3)c2[nH]1. The standard InChI is InChI=1S/C15H13F3N4O2/c16-15(17,18)10-9-11(19-13(24)20-12(9)23)22(21-10)14(6-7-14)8-4-2-1-3-5-8/h2,4-5H,1,3,6-7H2,(H2,19,20,23,24). The second-order valence-electron chi connectivity index (χ2n) is 6.06. The summed E-state index contributed by atoms with van der Waals surface area (Å²) in [5.41, 5.74) is -3.26. The molecule has 0 bridgehead atoms. The number of allylic oxidation sites excluding steroid dienone is 4. The first-order chi connectivity index (χ1) is 11.3. The summed E-state index contributed by atoms with van der Waals surface area (Å²) in [7, 11) is 0. The molecule has 0 saturated heterocycles. The van der Waals surface area contributed by atoms with Crippen LogP contribution in [0.25, 0.3) is 11.0 Å². The van der Waals surface area contributed by atoms with Crippen LogP contribution in [0.1, 0.15) is 31.4 Å². The van der Waals surface area contributed by atoms with E-state index in [0.29, 0.717) is 12.8 Å². The Morgan fingerprint density at radius 1 is 1.17 bits per heavy atom. The summed E-state index contributed by atoms with van der Waals surface area (Å²) in [6.45, 7) is 0. The largest absolute Gasteiger partial charge is 0.436 e. The number of aromatic nitrogens is 4. The zero-order valence-electron chi connectivity index (χ0n) is 12.4. The van der Waals surface area contributed by atoms with E-state index in [1.165, 1.54) is 4.68 Å². The van der Waals surface area contributed by atoms with Gasteiger partial charge in [-0.3, -0.25) is 14.8 Å². The second-order valence-corrected chi connectivity index (χ2v) is 6.06. The quantitative estimate of drug-likeness (QED) is 0.880. The van der Waals surface area contributed by atoms with Gasteiger partial charge in [-0.2, -0.15) is 18.3 Å². The highest BCUT2D eigenvalue weighted by molar-refractivity contribution is 5.78. The molecule has 0 unspecified atom stereocenters. The van der Waals surface area contributed by atoms with Gasteiger partial charge in [-0.1, -0.05) is 18.2 Å². The molecule has 2 N–H and O–H groups in total. The highest BCUT2D eigenvalue weighted by Crippen LogP contribution is 2.52. The molecule has 4 rings (SSSR count). The molecule has 6 nitrogen and oxygen atoms in total. The van der Waals surface area contributed by atoms with Crippen LogP contribution in [0, 0.1) is 0 Å². The van der Waals surface area contributed by atoms with Crippen molar-refractivity contribution in [2.75, 3.05) is 0 Å². The van der Waals surface area contributed by atoms with E-state index < -0.39 is 34.0 Å². The van der Waals surface area contributed by atoms with E-state index in [1.54, 1.807) is 0 Å². The van der Waals surface area contributed by atoms with E-state index in [2.05, 4.69) is 10.1 Å². The van der Waals surface area contributed by atoms with Gasteiger partial charge in [0.25, 0.3) is 5.56 Å². The van der Waals surface area contributed by atoms with Crippen LogP contribution in [0.4, 0.5) is 13.2 Å². The van der Waals surface area contributed by atoms with Crippen molar-refractivity contribution in [3.05, 3.63) is 50.3 Å². The predicted octanol–water partition coefficient (Wildman–Crippen LogP) is 2.20. The number of halogens is 3. The molecule has 2 heterocycles. The van der Waals surface area contributed by atoms with Crippen LogP contribution in [0.15, 0.2) is 33.4 Å². The normalized spacial score (nSPS) is 19.5. The lowest BCUT2D eigenvalue weighted by molar-refractivity contribution is -0.140. The first-order valence-electron chi connectivity index (χ1n) is 7.53. The van der Waals surface area contributed by atoms with E-state index in [1.807, 2.05) is 23.2 Å². The van der Waals surface area contributed by atoms with Crippen molar-refractivity contribution in [1.82, 2.24) is 19.7 Å². The molecule has 24 heavy (non-hydrogen) atoms. The number of rotatable bonds is 2. The molecule has 1 fully saturated rings. The van der Waals surface area contributed by atoms with Gasteiger partial charge in [0.1, 0.15) is 11.0 Å². The van der Waals surface area contributed by atoms with Gasteiger partial charge >= 0.3 is 11.9 Å². The lowest BCUT2D eigenvalue weighted by Crippen LogP contribution is -2.26. The van der Waals surface area contributed by atoms with E-state index in [4.69, 9.17) is 0 Å². The van der Waals surface area contributed by atoms with Crippen LogP contribution in [-0.2, 0) is 11.7 Å². The molecule has 2 aromatic heterocycles. The van der Waals surface area contributed by atoms with E-state index in [-0.39, 0.29) is 5.65 Å². The Labute approximate surface area is 132 Å². The lowest BCUT2D eigenvalue weighted by atomic mass is 9.98. The summed E-state index contributed by atoms with van der Waals surface area (Å²) >= 11 is 0. The fourth-order valence-electron chi connectivity index (χ4n) is 3.26. The maximum atomic E-state index is 13.3. The summed E-state index contributed by atoms with van der Waals surface area (Å²) in [5.74, 6) is 0. The predicted molar refractivity (Wildman–Crippen MR) is 79.6 cm³/mol. The minimum Gasteiger partial charge on any atom is -0.291 e. The second kappa shape index (κ2) is 4.71. The van der Waals surface area contributed by atoms with Gasteiger partial charge in [-0.25, -0.2) is 9.48 Å². The molecule has 0 aromatic carbocycles. The Morgan fingerprint density at radius 2 is 1.92 bits per heavy atom. The van der Waals surface area contributed by atoms with E-state index >= 15 is 0 Å². The number of fused-ring (bicyclic) bond motifs is 1. The fraction of sp³-hybridized carbons (Fsp3) is 0.400. The zero-order valence-corrected chi connectivity index (χ0v) is 12.4. The monoisotopic (exact) mass is 338 g/mol. The van der Waals surface area contributed by atoms with Gasteiger partial charge in [-0.05, 0) is 31.3 Å². The number of hydrogen-bond donors (Lipinski definition) is 2. The molecule has 126 valence electrons. The highest BCUT2D eigenvalue weighted by atomic mass is 19.4. The van der Waals surface area contributed by atoms with Crippen LogP contribution in [0.3, 0.4) is 0 Å². The van der Waals surface area contributed by atoms with Crippen LogP contribution in [0.5, 0.6) is 0 Å². The van der Waals surface area contributed by atoms with Crippen molar-refractivity contribution in [3.8, 4) is 0 Å². The molecular weight excluding hydrogens is 325 g/mol. The van der Waals surface area contributed by atoms with Gasteiger partial charge in [-0.15, -0.1) is 0 Å². The van der Waals surface area contributed by atoms with Crippen molar-refractivity contribution in [2.24, 2.45) is 0 Å². The van der Waals surface area contributed by atoms with Crippen LogP contribution in [0.2, 0.25) is 0 Å². The number of H-pyrrole nitrogens is 2. The van der Waals surface area contributed by atoms with Gasteiger partial charge in [0, 0.05) is 0 Å². The topological polar surface area (TPSA) is 83.5 Å². The molecule has 0 atom stereocenters. The van der Waals surface area contributed by atoms with Crippen LogP contribution < -0.4 is 11.2 Å². The molecule has 1 saturated carbocycles. The number of aromatic amines is 2. The van der Waals surface area contributed by atoms with Crippen molar-refractivity contribution >= 4 is 11.0 Å². The molecule has 2 aromatic rings. The Morgan fingerprint density at radius 3 is 2.50 bits per heavy atom. The number of nitrogens with zero attached hydrogens (tertiary/aromatic N) is 2. The highest BCUT2D eigenvalue weighted by Gasteiger charge is 2.51. The van der Waals surface area contributed by atoms with Crippen molar-refractivity contribution in [2.45, 2.75) is 37.4 Å². The summed E-state index contributed by atoms with van der Waals surface area (Å²) in [6, 6.07) is 0. The third-order valence-electron chi connectivity index (χ3n) is 4.50. The first-order valence-corrected chi connectivity index (χ1v) is 7.53. The third kappa shape index (κ3) is 2.07. The Kier molecular flexibility index (Phi) is 2.94. The average molecular weight is 338 g/mol. The smallest absolute Gasteiger partial charge is 0.291 e. The minimum absolute atomic E-state index is 0.187. The third-order valence-corrected chi connectivity index (χ3v) is 4.50. The Hall–Kier alpha value is -2.58. The molecule has 0 radical (unpaired) electrons. The number of nitrogens with one attached hydrogen (secondary N) is 2. The zero-order chi connectivity index (χ0) is 17.1. The van der Waals surface area contributed by atoms with Gasteiger partial charge < -0.3 is 0 Å². The molecule has 2 aliphatic carbocycles. The van der Waals surface area contributed by atoms with Crippen molar-refractivity contribution in [3.63, 3.8) is 0 Å². The summed E-state index contributed by atoms with van der Waals surface area (Å²) in [4.78, 5) is 27.7. The molecule has 2 aliphatic rings. The lowest BCUT2D eigenvalue weighted by Gasteiger charge is -2.20. The van der Waals surface area contributed by atoms with E-state index in [9.17, 15) is 22.8 Å². The number of alkyl halides is 3. The van der Waals surface area contributed by atoms with Gasteiger partial charge in [0.2, 0.25) is 0 Å². The average Bonchev–Trinajstić information content (AvgIpc) is 3.22. The Bertz CT molecular complexity index is 1000. The van der Waals surface area contributed by atoms with Gasteiger partial charge in [0.05, 0.1) is 5.54 Å². The number of hydrogen-bond acceptors (Lipinski definition) is 3. The summed E-state index contributed by atoms with van der Waals surface area (Å²) < 4.78 is 41.1. The molecule has 0 amide bonds. The maximum absolute atomic E-state index is 13.3. The first kappa shape index (κ1) is 15.0. The molecule has 0 spiro atoms.